The van der Waals surface area contributed by atoms with Gasteiger partial charge in [0.25, 0.3) is 0 Å². The molecule has 6 heteroatoms. The van der Waals surface area contributed by atoms with Gasteiger partial charge in [0.1, 0.15) is 11.6 Å². The molecule has 2 amide bonds. The van der Waals surface area contributed by atoms with Gasteiger partial charge in [0.15, 0.2) is 0 Å². The van der Waals surface area contributed by atoms with Crippen LogP contribution >= 0.6 is 0 Å². The van der Waals surface area contributed by atoms with E-state index in [4.69, 9.17) is 0 Å². The molecule has 122 valence electrons. The van der Waals surface area contributed by atoms with Crippen LogP contribution in [0.3, 0.4) is 0 Å². The molecule has 0 aliphatic heterocycles. The second-order valence-corrected chi connectivity index (χ2v) is 5.12. The molecule has 0 aliphatic rings. The van der Waals surface area contributed by atoms with E-state index in [1.807, 2.05) is 37.4 Å². The molecule has 0 aliphatic carbocycles. The number of amides is 2. The van der Waals surface area contributed by atoms with Crippen molar-refractivity contribution >= 4 is 17.4 Å². The number of anilines is 2. The van der Waals surface area contributed by atoms with Crippen LogP contribution in [0.15, 0.2) is 48.5 Å². The number of hydrogen-bond donors (Lipinski definition) is 2. The van der Waals surface area contributed by atoms with Gasteiger partial charge in [-0.1, -0.05) is 18.2 Å². The van der Waals surface area contributed by atoms with Crippen molar-refractivity contribution in [1.82, 2.24) is 5.32 Å². The van der Waals surface area contributed by atoms with Crippen molar-refractivity contribution in [2.45, 2.75) is 6.42 Å². The molecule has 4 nitrogen and oxygen atoms in total. The van der Waals surface area contributed by atoms with Crippen LogP contribution in [0.4, 0.5) is 25.0 Å². The minimum atomic E-state index is -0.802. The zero-order chi connectivity index (χ0) is 16.7. The Morgan fingerprint density at radius 3 is 2.57 bits per heavy atom. The zero-order valence-corrected chi connectivity index (χ0v) is 12.9. The fourth-order valence-corrected chi connectivity index (χ4v) is 2.09. The summed E-state index contributed by atoms with van der Waals surface area (Å²) in [4.78, 5) is 13.8. The Morgan fingerprint density at radius 1 is 1.13 bits per heavy atom. The van der Waals surface area contributed by atoms with Crippen LogP contribution in [-0.2, 0) is 0 Å². The Hall–Kier alpha value is -2.63. The molecule has 0 saturated heterocycles. The van der Waals surface area contributed by atoms with Gasteiger partial charge in [-0.2, -0.15) is 0 Å². The summed E-state index contributed by atoms with van der Waals surface area (Å²) in [5, 5.41) is 4.99. The summed E-state index contributed by atoms with van der Waals surface area (Å²) in [6.45, 7) is 1.22. The van der Waals surface area contributed by atoms with E-state index in [1.54, 1.807) is 0 Å². The highest BCUT2D eigenvalue weighted by Crippen LogP contribution is 2.14. The number of carbonyl (C=O) groups excluding carboxylic acids is 1. The lowest BCUT2D eigenvalue weighted by Gasteiger charge is -2.19. The molecule has 0 bridgehead atoms. The number of urea groups is 1. The fourth-order valence-electron chi connectivity index (χ4n) is 2.09. The van der Waals surface area contributed by atoms with Crippen molar-refractivity contribution in [3.63, 3.8) is 0 Å². The van der Waals surface area contributed by atoms with E-state index in [0.29, 0.717) is 6.54 Å². The molecule has 0 saturated carbocycles. The summed E-state index contributed by atoms with van der Waals surface area (Å²) in [6, 6.07) is 12.4. The fraction of sp³-hybridized carbons (Fsp3) is 0.235. The normalized spacial score (nSPS) is 10.2. The van der Waals surface area contributed by atoms with Gasteiger partial charge in [0.2, 0.25) is 0 Å². The molecule has 2 aromatic rings. The predicted octanol–water partition coefficient (Wildman–Crippen LogP) is 3.61. The van der Waals surface area contributed by atoms with Gasteiger partial charge in [-0.15, -0.1) is 0 Å². The third kappa shape index (κ3) is 5.25. The Kier molecular flexibility index (Phi) is 5.91. The Morgan fingerprint density at radius 2 is 1.87 bits per heavy atom. The number of para-hydroxylation sites is 1. The maximum atomic E-state index is 13.4. The van der Waals surface area contributed by atoms with Crippen LogP contribution < -0.4 is 15.5 Å². The van der Waals surface area contributed by atoms with E-state index >= 15 is 0 Å². The van der Waals surface area contributed by atoms with E-state index in [2.05, 4.69) is 15.5 Å². The molecule has 2 aromatic carbocycles. The summed E-state index contributed by atoms with van der Waals surface area (Å²) in [6.07, 6.45) is 0.741. The number of carbonyl (C=O) groups is 1. The first-order chi connectivity index (χ1) is 11.1. The molecular formula is C17H19F2N3O. The minimum absolute atomic E-state index is 0.0506. The molecule has 23 heavy (non-hydrogen) atoms. The third-order valence-corrected chi connectivity index (χ3v) is 3.33. The smallest absolute Gasteiger partial charge is 0.319 e. The molecule has 0 unspecified atom stereocenters. The average Bonchev–Trinajstić information content (AvgIpc) is 2.55. The standard InChI is InChI=1S/C17H19F2N3O/c1-22(14-6-3-2-4-7-14)11-5-10-20-17(23)21-16-9-8-13(18)12-15(16)19/h2-4,6-9,12H,5,10-11H2,1H3,(H2,20,21,23). The van der Waals surface area contributed by atoms with Crippen molar-refractivity contribution in [3.05, 3.63) is 60.2 Å². The molecular weight excluding hydrogens is 300 g/mol. The Balaban J connectivity index is 1.71. The van der Waals surface area contributed by atoms with Crippen LogP contribution in [0.25, 0.3) is 0 Å². The van der Waals surface area contributed by atoms with Crippen molar-refractivity contribution in [2.24, 2.45) is 0 Å². The van der Waals surface area contributed by atoms with Gasteiger partial charge in [-0.25, -0.2) is 13.6 Å². The minimum Gasteiger partial charge on any atom is -0.375 e. The lowest BCUT2D eigenvalue weighted by molar-refractivity contribution is 0.252. The number of benzene rings is 2. The summed E-state index contributed by atoms with van der Waals surface area (Å²) in [5.41, 5.74) is 1.05. The Labute approximate surface area is 134 Å². The molecule has 0 atom stereocenters. The van der Waals surface area contributed by atoms with E-state index in [-0.39, 0.29) is 5.69 Å². The number of rotatable bonds is 6. The number of halogens is 2. The first kappa shape index (κ1) is 16.7. The van der Waals surface area contributed by atoms with Gasteiger partial charge in [0, 0.05) is 31.9 Å². The monoisotopic (exact) mass is 319 g/mol. The molecule has 0 aromatic heterocycles. The van der Waals surface area contributed by atoms with Gasteiger partial charge in [-0.3, -0.25) is 0 Å². The lowest BCUT2D eigenvalue weighted by Crippen LogP contribution is -2.31. The molecule has 0 spiro atoms. The van der Waals surface area contributed by atoms with Gasteiger partial charge < -0.3 is 15.5 Å². The van der Waals surface area contributed by atoms with Crippen LogP contribution in [0.1, 0.15) is 6.42 Å². The van der Waals surface area contributed by atoms with Crippen LogP contribution in [-0.4, -0.2) is 26.2 Å². The molecule has 2 N–H and O–H groups in total. The van der Waals surface area contributed by atoms with E-state index in [0.717, 1.165) is 30.8 Å². The molecule has 0 fully saturated rings. The maximum absolute atomic E-state index is 13.4. The molecule has 2 rings (SSSR count). The highest BCUT2D eigenvalue weighted by molar-refractivity contribution is 5.89. The second kappa shape index (κ2) is 8.12. The van der Waals surface area contributed by atoms with Gasteiger partial charge in [0.05, 0.1) is 5.69 Å². The lowest BCUT2D eigenvalue weighted by atomic mass is 10.3. The topological polar surface area (TPSA) is 44.4 Å². The quantitative estimate of drug-likeness (QED) is 0.799. The maximum Gasteiger partial charge on any atom is 0.319 e. The average molecular weight is 319 g/mol. The van der Waals surface area contributed by atoms with Crippen molar-refractivity contribution in [1.29, 1.82) is 0 Å². The zero-order valence-electron chi connectivity index (χ0n) is 12.9. The van der Waals surface area contributed by atoms with E-state index in [9.17, 15) is 13.6 Å². The van der Waals surface area contributed by atoms with Crippen LogP contribution in [0.2, 0.25) is 0 Å². The molecule has 0 radical (unpaired) electrons. The second-order valence-electron chi connectivity index (χ2n) is 5.12. The molecule has 0 heterocycles. The SMILES string of the molecule is CN(CCCNC(=O)Nc1ccc(F)cc1F)c1ccccc1. The number of hydrogen-bond acceptors (Lipinski definition) is 2. The van der Waals surface area contributed by atoms with E-state index in [1.165, 1.54) is 6.07 Å². The summed E-state index contributed by atoms with van der Waals surface area (Å²) < 4.78 is 26.2. The summed E-state index contributed by atoms with van der Waals surface area (Å²) >= 11 is 0. The summed E-state index contributed by atoms with van der Waals surface area (Å²) in [7, 11) is 1.98. The largest absolute Gasteiger partial charge is 0.375 e. The van der Waals surface area contributed by atoms with Crippen LogP contribution in [0, 0.1) is 11.6 Å². The number of nitrogens with zero attached hydrogens (tertiary/aromatic N) is 1. The van der Waals surface area contributed by atoms with Gasteiger partial charge in [-0.05, 0) is 30.7 Å². The van der Waals surface area contributed by atoms with E-state index < -0.39 is 17.7 Å². The first-order valence-electron chi connectivity index (χ1n) is 7.32. The van der Waals surface area contributed by atoms with Crippen LogP contribution in [0.5, 0.6) is 0 Å². The van der Waals surface area contributed by atoms with Crippen molar-refractivity contribution in [2.75, 3.05) is 30.4 Å². The highest BCUT2D eigenvalue weighted by Gasteiger charge is 2.07. The summed E-state index contributed by atoms with van der Waals surface area (Å²) in [5.74, 6) is -1.48. The number of nitrogens with one attached hydrogen (secondary N) is 2. The highest BCUT2D eigenvalue weighted by atomic mass is 19.1. The first-order valence-corrected chi connectivity index (χ1v) is 7.32. The van der Waals surface area contributed by atoms with Crippen molar-refractivity contribution in [3.8, 4) is 0 Å². The third-order valence-electron chi connectivity index (χ3n) is 3.33. The van der Waals surface area contributed by atoms with Crippen molar-refractivity contribution < 1.29 is 13.6 Å². The Bertz CT molecular complexity index is 650. The van der Waals surface area contributed by atoms with Gasteiger partial charge >= 0.3 is 6.03 Å². The predicted molar refractivity (Wildman–Crippen MR) is 87.7 cm³/mol.